The maximum atomic E-state index is 13.0. The maximum Gasteiger partial charge on any atom is 0.154 e. The van der Waals surface area contributed by atoms with Crippen molar-refractivity contribution in [2.24, 2.45) is 5.92 Å². The van der Waals surface area contributed by atoms with E-state index in [0.29, 0.717) is 5.56 Å². The normalized spacial score (nSPS) is 17.8. The zero-order valence-electron chi connectivity index (χ0n) is 10.2. The van der Waals surface area contributed by atoms with Gasteiger partial charge in [-0.2, -0.15) is 0 Å². The minimum absolute atomic E-state index is 0.0608. The van der Waals surface area contributed by atoms with Gasteiger partial charge in [0.25, 0.3) is 0 Å². The fraction of sp³-hybridized carbons (Fsp3) is 0.538. The summed E-state index contributed by atoms with van der Waals surface area (Å²) in [5, 5.41) is 3.21. The van der Waals surface area contributed by atoms with Crippen LogP contribution in [0.4, 0.5) is 4.39 Å². The summed E-state index contributed by atoms with van der Waals surface area (Å²) in [5.74, 6) is 0.00856. The Hall–Kier alpha value is -0.940. The summed E-state index contributed by atoms with van der Waals surface area (Å²) in [4.78, 5) is 0. The summed E-state index contributed by atoms with van der Waals surface area (Å²) in [6, 6.07) is 5.82. The fourth-order valence-electron chi connectivity index (χ4n) is 2.35. The van der Waals surface area contributed by atoms with Crippen molar-refractivity contribution < 1.29 is 12.8 Å². The van der Waals surface area contributed by atoms with Gasteiger partial charge in [-0.15, -0.1) is 0 Å². The third kappa shape index (κ3) is 4.07. The highest BCUT2D eigenvalue weighted by Gasteiger charge is 2.21. The van der Waals surface area contributed by atoms with Crippen LogP contribution in [0.3, 0.4) is 0 Å². The van der Waals surface area contributed by atoms with Gasteiger partial charge in [0.05, 0.1) is 11.5 Å². The van der Waals surface area contributed by atoms with Gasteiger partial charge in [0.15, 0.2) is 9.84 Å². The van der Waals surface area contributed by atoms with Gasteiger partial charge in [-0.1, -0.05) is 12.1 Å². The lowest BCUT2D eigenvalue weighted by Gasteiger charge is -2.22. The SMILES string of the molecule is O=S(=O)(Cc1cccc(F)c1)CC1CCNCC1. The maximum absolute atomic E-state index is 13.0. The number of nitrogens with one attached hydrogen (secondary N) is 1. The predicted molar refractivity (Wildman–Crippen MR) is 69.5 cm³/mol. The van der Waals surface area contributed by atoms with Crippen LogP contribution in [-0.2, 0) is 15.6 Å². The molecule has 0 radical (unpaired) electrons. The molecule has 1 saturated heterocycles. The van der Waals surface area contributed by atoms with Crippen LogP contribution in [0.5, 0.6) is 0 Å². The summed E-state index contributed by atoms with van der Waals surface area (Å²) in [5.41, 5.74) is 0.531. The fourth-order valence-corrected chi connectivity index (χ4v) is 4.20. The molecule has 1 aromatic carbocycles. The van der Waals surface area contributed by atoms with Crippen molar-refractivity contribution in [3.63, 3.8) is 0 Å². The first-order chi connectivity index (χ1) is 8.55. The Kier molecular flexibility index (Phi) is 4.35. The third-order valence-corrected chi connectivity index (χ3v) is 4.98. The first-order valence-electron chi connectivity index (χ1n) is 6.21. The molecule has 1 aliphatic rings. The first kappa shape index (κ1) is 13.5. The number of halogens is 1. The smallest absolute Gasteiger partial charge is 0.154 e. The highest BCUT2D eigenvalue weighted by Crippen LogP contribution is 2.17. The van der Waals surface area contributed by atoms with Crippen molar-refractivity contribution in [1.29, 1.82) is 0 Å². The van der Waals surface area contributed by atoms with Crippen molar-refractivity contribution in [2.45, 2.75) is 18.6 Å². The van der Waals surface area contributed by atoms with E-state index in [1.54, 1.807) is 12.1 Å². The van der Waals surface area contributed by atoms with Crippen molar-refractivity contribution in [3.05, 3.63) is 35.6 Å². The third-order valence-electron chi connectivity index (χ3n) is 3.22. The molecule has 0 atom stereocenters. The molecule has 0 aromatic heterocycles. The molecule has 0 aliphatic carbocycles. The topological polar surface area (TPSA) is 46.2 Å². The molecule has 1 heterocycles. The quantitative estimate of drug-likeness (QED) is 0.907. The molecule has 5 heteroatoms. The van der Waals surface area contributed by atoms with Crippen LogP contribution in [0.15, 0.2) is 24.3 Å². The lowest BCUT2D eigenvalue weighted by Crippen LogP contribution is -2.31. The Balaban J connectivity index is 1.98. The minimum atomic E-state index is -3.15. The van der Waals surface area contributed by atoms with Gasteiger partial charge in [-0.3, -0.25) is 0 Å². The van der Waals surface area contributed by atoms with E-state index in [9.17, 15) is 12.8 Å². The van der Waals surface area contributed by atoms with Crippen molar-refractivity contribution in [2.75, 3.05) is 18.8 Å². The zero-order valence-corrected chi connectivity index (χ0v) is 11.0. The number of benzene rings is 1. The molecule has 1 N–H and O–H groups in total. The van der Waals surface area contributed by atoms with Crippen molar-refractivity contribution >= 4 is 9.84 Å². The van der Waals surface area contributed by atoms with Crippen LogP contribution >= 0.6 is 0 Å². The lowest BCUT2D eigenvalue weighted by atomic mass is 10.0. The summed E-state index contributed by atoms with van der Waals surface area (Å²) < 4.78 is 37.1. The molecule has 1 fully saturated rings. The van der Waals surface area contributed by atoms with E-state index >= 15 is 0 Å². The molecule has 1 aromatic rings. The molecule has 18 heavy (non-hydrogen) atoms. The number of piperidine rings is 1. The lowest BCUT2D eigenvalue weighted by molar-refractivity contribution is 0.401. The molecule has 100 valence electrons. The number of sulfone groups is 1. The molecule has 1 aliphatic heterocycles. The summed E-state index contributed by atoms with van der Waals surface area (Å²) in [6.45, 7) is 1.78. The van der Waals surface area contributed by atoms with E-state index in [4.69, 9.17) is 0 Å². The van der Waals surface area contributed by atoms with Gasteiger partial charge in [-0.25, -0.2) is 12.8 Å². The highest BCUT2D eigenvalue weighted by atomic mass is 32.2. The van der Waals surface area contributed by atoms with Gasteiger partial charge < -0.3 is 5.32 Å². The van der Waals surface area contributed by atoms with E-state index in [0.717, 1.165) is 25.9 Å². The second-order valence-electron chi connectivity index (χ2n) is 4.88. The van der Waals surface area contributed by atoms with Gasteiger partial charge in [0.1, 0.15) is 5.82 Å². The Morgan fingerprint density at radius 3 is 2.67 bits per heavy atom. The summed E-state index contributed by atoms with van der Waals surface area (Å²) in [7, 11) is -3.15. The Labute approximate surface area is 107 Å². The first-order valence-corrected chi connectivity index (χ1v) is 8.03. The molecule has 0 amide bonds. The minimum Gasteiger partial charge on any atom is -0.317 e. The molecule has 0 saturated carbocycles. The number of hydrogen-bond acceptors (Lipinski definition) is 3. The van der Waals surface area contributed by atoms with E-state index in [1.807, 2.05) is 0 Å². The van der Waals surface area contributed by atoms with Crippen LogP contribution in [0.25, 0.3) is 0 Å². The monoisotopic (exact) mass is 271 g/mol. The molecule has 0 spiro atoms. The second-order valence-corrected chi connectivity index (χ2v) is 6.99. The van der Waals surface area contributed by atoms with Crippen molar-refractivity contribution in [1.82, 2.24) is 5.32 Å². The summed E-state index contributed by atoms with van der Waals surface area (Å²) >= 11 is 0. The Morgan fingerprint density at radius 2 is 2.00 bits per heavy atom. The standard InChI is InChI=1S/C13H18FNO2S/c14-13-3-1-2-12(8-13)10-18(16,17)9-11-4-6-15-7-5-11/h1-3,8,11,15H,4-7,9-10H2. The molecule has 0 unspecified atom stereocenters. The summed E-state index contributed by atoms with van der Waals surface area (Å²) in [6.07, 6.45) is 1.81. The predicted octanol–water partition coefficient (Wildman–Crippen LogP) is 1.74. The Bertz CT molecular complexity index is 495. The molecule has 2 rings (SSSR count). The van der Waals surface area contributed by atoms with E-state index in [-0.39, 0.29) is 23.2 Å². The average molecular weight is 271 g/mol. The largest absolute Gasteiger partial charge is 0.317 e. The van der Waals surface area contributed by atoms with E-state index < -0.39 is 9.84 Å². The zero-order chi connectivity index (χ0) is 13.0. The van der Waals surface area contributed by atoms with E-state index in [1.165, 1.54) is 12.1 Å². The van der Waals surface area contributed by atoms with Crippen LogP contribution in [0.1, 0.15) is 18.4 Å². The number of hydrogen-bond donors (Lipinski definition) is 1. The van der Waals surface area contributed by atoms with Gasteiger partial charge in [0.2, 0.25) is 0 Å². The molecule has 3 nitrogen and oxygen atoms in total. The van der Waals surface area contributed by atoms with Crippen LogP contribution in [-0.4, -0.2) is 27.3 Å². The van der Waals surface area contributed by atoms with Gasteiger partial charge >= 0.3 is 0 Å². The molecular formula is C13H18FNO2S. The highest BCUT2D eigenvalue weighted by molar-refractivity contribution is 7.90. The van der Waals surface area contributed by atoms with Gasteiger partial charge in [0, 0.05) is 0 Å². The van der Waals surface area contributed by atoms with Crippen LogP contribution < -0.4 is 5.32 Å². The number of rotatable bonds is 4. The van der Waals surface area contributed by atoms with Crippen LogP contribution in [0, 0.1) is 11.7 Å². The van der Waals surface area contributed by atoms with E-state index in [2.05, 4.69) is 5.32 Å². The molecular weight excluding hydrogens is 253 g/mol. The van der Waals surface area contributed by atoms with Crippen molar-refractivity contribution in [3.8, 4) is 0 Å². The Morgan fingerprint density at radius 1 is 1.28 bits per heavy atom. The average Bonchev–Trinajstić information content (AvgIpc) is 2.28. The van der Waals surface area contributed by atoms with Gasteiger partial charge in [-0.05, 0) is 49.5 Å². The van der Waals surface area contributed by atoms with Crippen LogP contribution in [0.2, 0.25) is 0 Å². The second kappa shape index (κ2) is 5.80. The molecule has 0 bridgehead atoms.